The van der Waals surface area contributed by atoms with Gasteiger partial charge in [0.25, 0.3) is 0 Å². The van der Waals surface area contributed by atoms with Gasteiger partial charge in [0.15, 0.2) is 11.0 Å². The summed E-state index contributed by atoms with van der Waals surface area (Å²) in [5.41, 5.74) is 5.32. The molecule has 0 aliphatic heterocycles. The lowest BCUT2D eigenvalue weighted by molar-refractivity contribution is 0.619. The third-order valence-corrected chi connectivity index (χ3v) is 4.95. The van der Waals surface area contributed by atoms with Crippen molar-refractivity contribution in [1.82, 2.24) is 14.5 Å². The summed E-state index contributed by atoms with van der Waals surface area (Å²) in [4.78, 5) is 9.32. The number of aryl methyl sites for hydroxylation is 3. The van der Waals surface area contributed by atoms with Crippen LogP contribution in [-0.4, -0.2) is 14.5 Å². The van der Waals surface area contributed by atoms with E-state index in [9.17, 15) is 4.39 Å². The first-order valence-corrected chi connectivity index (χ1v) is 8.81. The molecule has 2 aromatic heterocycles. The van der Waals surface area contributed by atoms with Crippen LogP contribution in [0.2, 0.25) is 0 Å². The van der Waals surface area contributed by atoms with Crippen molar-refractivity contribution in [3.63, 3.8) is 0 Å². The molecular formula is C19H17FN4S. The molecule has 4 nitrogen and oxygen atoms in total. The average molecular weight is 352 g/mol. The lowest BCUT2D eigenvalue weighted by Gasteiger charge is -2.04. The van der Waals surface area contributed by atoms with Crippen LogP contribution in [-0.2, 0) is 7.05 Å². The quantitative estimate of drug-likeness (QED) is 0.551. The summed E-state index contributed by atoms with van der Waals surface area (Å²) in [6.07, 6.45) is 0. The molecule has 0 fully saturated rings. The number of halogens is 1. The van der Waals surface area contributed by atoms with Gasteiger partial charge in [-0.2, -0.15) is 0 Å². The first kappa shape index (κ1) is 15.8. The normalized spacial score (nSPS) is 11.2. The Morgan fingerprint density at radius 3 is 2.72 bits per heavy atom. The van der Waals surface area contributed by atoms with Crippen molar-refractivity contribution >= 4 is 33.2 Å². The van der Waals surface area contributed by atoms with E-state index in [1.807, 2.05) is 23.1 Å². The molecule has 0 saturated heterocycles. The van der Waals surface area contributed by atoms with Crippen LogP contribution in [0, 0.1) is 19.7 Å². The van der Waals surface area contributed by atoms with Gasteiger partial charge >= 0.3 is 0 Å². The van der Waals surface area contributed by atoms with E-state index in [1.165, 1.54) is 23.0 Å². The highest BCUT2D eigenvalue weighted by Crippen LogP contribution is 2.29. The fraction of sp³-hybridized carbons (Fsp3) is 0.158. The molecule has 0 unspecified atom stereocenters. The first-order valence-electron chi connectivity index (χ1n) is 7.93. The van der Waals surface area contributed by atoms with Gasteiger partial charge in [-0.3, -0.25) is 0 Å². The fourth-order valence-electron chi connectivity index (χ4n) is 2.77. The number of fused-ring (bicyclic) bond motifs is 1. The number of hydrogen-bond acceptors (Lipinski definition) is 4. The highest BCUT2D eigenvalue weighted by Gasteiger charge is 2.13. The zero-order valence-corrected chi connectivity index (χ0v) is 15.0. The second kappa shape index (κ2) is 5.97. The summed E-state index contributed by atoms with van der Waals surface area (Å²) in [5, 5.41) is 5.82. The predicted octanol–water partition coefficient (Wildman–Crippen LogP) is 5.20. The molecule has 0 amide bonds. The summed E-state index contributed by atoms with van der Waals surface area (Å²) in [6.45, 7) is 3.80. The molecule has 2 aromatic carbocycles. The van der Waals surface area contributed by atoms with Gasteiger partial charge in [-0.15, -0.1) is 11.3 Å². The number of nitrogens with one attached hydrogen (secondary N) is 1. The third kappa shape index (κ3) is 2.89. The third-order valence-electron chi connectivity index (χ3n) is 4.19. The van der Waals surface area contributed by atoms with E-state index in [-0.39, 0.29) is 5.82 Å². The molecule has 0 spiro atoms. The van der Waals surface area contributed by atoms with E-state index >= 15 is 0 Å². The van der Waals surface area contributed by atoms with Gasteiger partial charge in [0.1, 0.15) is 11.5 Å². The molecular weight excluding hydrogens is 335 g/mol. The topological polar surface area (TPSA) is 42.7 Å². The number of benzene rings is 2. The van der Waals surface area contributed by atoms with Crippen molar-refractivity contribution in [2.45, 2.75) is 13.8 Å². The summed E-state index contributed by atoms with van der Waals surface area (Å²) in [6, 6.07) is 11.3. The molecule has 6 heteroatoms. The van der Waals surface area contributed by atoms with Crippen LogP contribution < -0.4 is 5.32 Å². The monoisotopic (exact) mass is 352 g/mol. The molecule has 0 bridgehead atoms. The minimum absolute atomic E-state index is 0.229. The van der Waals surface area contributed by atoms with Crippen LogP contribution in [0.1, 0.15) is 11.1 Å². The van der Waals surface area contributed by atoms with Gasteiger partial charge in [0.2, 0.25) is 0 Å². The number of aromatic nitrogens is 3. The maximum atomic E-state index is 13.7. The number of nitrogens with zero attached hydrogens (tertiary/aromatic N) is 3. The van der Waals surface area contributed by atoms with Gasteiger partial charge < -0.3 is 9.88 Å². The largest absolute Gasteiger partial charge is 0.331 e. The summed E-state index contributed by atoms with van der Waals surface area (Å²) in [5.74, 6) is 0.590. The van der Waals surface area contributed by atoms with Crippen molar-refractivity contribution in [3.8, 4) is 11.5 Å². The van der Waals surface area contributed by atoms with Crippen LogP contribution in [0.3, 0.4) is 0 Å². The molecule has 0 aliphatic rings. The number of anilines is 2. The molecule has 0 radical (unpaired) electrons. The average Bonchev–Trinajstić information content (AvgIpc) is 3.15. The Kier molecular flexibility index (Phi) is 3.77. The number of imidazole rings is 1. The highest BCUT2D eigenvalue weighted by molar-refractivity contribution is 7.14. The first-order chi connectivity index (χ1) is 12.0. The Hall–Kier alpha value is -2.73. The number of thiazole rings is 1. The smallest absolute Gasteiger partial charge is 0.187 e. The Morgan fingerprint density at radius 1 is 1.08 bits per heavy atom. The number of hydrogen-bond donors (Lipinski definition) is 1. The van der Waals surface area contributed by atoms with Crippen molar-refractivity contribution < 1.29 is 4.39 Å². The zero-order chi connectivity index (χ0) is 17.6. The SMILES string of the molecule is Cc1ccc2c(c1)nc(-c1csc(Nc3ccc(C)c(F)c3)n1)n2C. The molecule has 126 valence electrons. The summed E-state index contributed by atoms with van der Waals surface area (Å²) in [7, 11) is 1.99. The van der Waals surface area contributed by atoms with E-state index in [0.717, 1.165) is 22.6 Å². The van der Waals surface area contributed by atoms with Crippen LogP contribution in [0.4, 0.5) is 15.2 Å². The van der Waals surface area contributed by atoms with Crippen LogP contribution >= 0.6 is 11.3 Å². The fourth-order valence-corrected chi connectivity index (χ4v) is 3.48. The van der Waals surface area contributed by atoms with E-state index < -0.39 is 0 Å². The lowest BCUT2D eigenvalue weighted by atomic mass is 10.2. The lowest BCUT2D eigenvalue weighted by Crippen LogP contribution is -1.94. The Labute approximate surface area is 149 Å². The highest BCUT2D eigenvalue weighted by atomic mass is 32.1. The Balaban J connectivity index is 1.67. The molecule has 1 N–H and O–H groups in total. The second-order valence-corrected chi connectivity index (χ2v) is 6.97. The zero-order valence-electron chi connectivity index (χ0n) is 14.2. The Morgan fingerprint density at radius 2 is 1.92 bits per heavy atom. The Bertz CT molecular complexity index is 1080. The minimum atomic E-state index is -0.229. The van der Waals surface area contributed by atoms with E-state index in [1.54, 1.807) is 13.0 Å². The van der Waals surface area contributed by atoms with Crippen molar-refractivity contribution in [2.24, 2.45) is 7.05 Å². The predicted molar refractivity (Wildman–Crippen MR) is 101 cm³/mol. The van der Waals surface area contributed by atoms with Gasteiger partial charge in [-0.05, 0) is 49.2 Å². The maximum Gasteiger partial charge on any atom is 0.187 e. The van der Waals surface area contributed by atoms with Gasteiger partial charge in [-0.25, -0.2) is 14.4 Å². The molecule has 0 aliphatic carbocycles. The van der Waals surface area contributed by atoms with Crippen LogP contribution in [0.15, 0.2) is 41.8 Å². The molecule has 0 saturated carbocycles. The van der Waals surface area contributed by atoms with E-state index in [4.69, 9.17) is 4.98 Å². The van der Waals surface area contributed by atoms with Crippen LogP contribution in [0.5, 0.6) is 0 Å². The molecule has 25 heavy (non-hydrogen) atoms. The van der Waals surface area contributed by atoms with Gasteiger partial charge in [-0.1, -0.05) is 12.1 Å². The van der Waals surface area contributed by atoms with Gasteiger partial charge in [0.05, 0.1) is 11.0 Å². The molecule has 4 rings (SSSR count). The molecule has 0 atom stereocenters. The molecule has 4 aromatic rings. The summed E-state index contributed by atoms with van der Waals surface area (Å²) >= 11 is 1.47. The minimum Gasteiger partial charge on any atom is -0.331 e. The number of rotatable bonds is 3. The van der Waals surface area contributed by atoms with Crippen molar-refractivity contribution in [1.29, 1.82) is 0 Å². The second-order valence-electron chi connectivity index (χ2n) is 6.11. The maximum absolute atomic E-state index is 13.7. The van der Waals surface area contributed by atoms with E-state index in [2.05, 4.69) is 35.4 Å². The van der Waals surface area contributed by atoms with Crippen LogP contribution in [0.25, 0.3) is 22.6 Å². The van der Waals surface area contributed by atoms with Crippen molar-refractivity contribution in [2.75, 3.05) is 5.32 Å². The standard InChI is InChI=1S/C19H17FN4S/c1-11-4-7-17-15(8-11)22-18(24(17)3)16-10-25-19(23-16)21-13-6-5-12(2)14(20)9-13/h4-10H,1-3H3,(H,21,23). The van der Waals surface area contributed by atoms with E-state index in [0.29, 0.717) is 16.4 Å². The van der Waals surface area contributed by atoms with Crippen molar-refractivity contribution in [3.05, 3.63) is 58.7 Å². The molecule has 2 heterocycles. The summed E-state index contributed by atoms with van der Waals surface area (Å²) < 4.78 is 15.7. The van der Waals surface area contributed by atoms with Gasteiger partial charge in [0, 0.05) is 18.1 Å².